The maximum atomic E-state index is 12.2. The molecule has 1 amide bonds. The second-order valence-electron chi connectivity index (χ2n) is 4.78. The summed E-state index contributed by atoms with van der Waals surface area (Å²) in [5.41, 5.74) is 0. The Balaban J connectivity index is 1.89. The highest BCUT2D eigenvalue weighted by Gasteiger charge is 2.37. The van der Waals surface area contributed by atoms with Crippen LogP contribution in [0.4, 0.5) is 0 Å². The Hall–Kier alpha value is -0.220. The van der Waals surface area contributed by atoms with Gasteiger partial charge in [-0.05, 0) is 44.2 Å². The van der Waals surface area contributed by atoms with Gasteiger partial charge in [-0.25, -0.2) is 0 Å². The third-order valence-corrected chi connectivity index (χ3v) is 4.38. The predicted molar refractivity (Wildman–Crippen MR) is 68.8 cm³/mol. The Morgan fingerprint density at radius 1 is 1.38 bits per heavy atom. The van der Waals surface area contributed by atoms with E-state index >= 15 is 0 Å². The van der Waals surface area contributed by atoms with Gasteiger partial charge in [0.2, 0.25) is 5.91 Å². The molecule has 2 heterocycles. The number of hydrogen-bond donors (Lipinski definition) is 1. The summed E-state index contributed by atoms with van der Waals surface area (Å²) in [5, 5.41) is 3.43. The number of rotatable bonds is 4. The van der Waals surface area contributed by atoms with E-state index in [9.17, 15) is 4.79 Å². The first-order valence-electron chi connectivity index (χ1n) is 6.33. The summed E-state index contributed by atoms with van der Waals surface area (Å²) in [5.74, 6) is 1.50. The fourth-order valence-electron chi connectivity index (χ4n) is 2.89. The predicted octanol–water partition coefficient (Wildman–Crippen LogP) is 1.48. The monoisotopic (exact) mass is 242 g/mol. The lowest BCUT2D eigenvalue weighted by Crippen LogP contribution is -2.42. The van der Waals surface area contributed by atoms with Crippen molar-refractivity contribution in [2.75, 3.05) is 25.1 Å². The van der Waals surface area contributed by atoms with E-state index in [1.165, 1.54) is 12.8 Å². The van der Waals surface area contributed by atoms with E-state index < -0.39 is 0 Å². The van der Waals surface area contributed by atoms with Crippen LogP contribution in [0, 0.1) is 0 Å². The average molecular weight is 242 g/mol. The van der Waals surface area contributed by atoms with Gasteiger partial charge in [0.15, 0.2) is 0 Å². The van der Waals surface area contributed by atoms with Crippen LogP contribution in [-0.4, -0.2) is 48.0 Å². The number of nitrogens with zero attached hydrogens (tertiary/aromatic N) is 1. The topological polar surface area (TPSA) is 32.3 Å². The van der Waals surface area contributed by atoms with E-state index in [4.69, 9.17) is 0 Å². The van der Waals surface area contributed by atoms with Gasteiger partial charge in [0.25, 0.3) is 0 Å². The van der Waals surface area contributed by atoms with Gasteiger partial charge in [-0.2, -0.15) is 11.8 Å². The molecule has 4 heteroatoms. The first kappa shape index (κ1) is 12.2. The number of amides is 1. The molecule has 0 aromatic heterocycles. The van der Waals surface area contributed by atoms with Crippen molar-refractivity contribution < 1.29 is 4.79 Å². The van der Waals surface area contributed by atoms with Crippen molar-refractivity contribution in [3.63, 3.8) is 0 Å². The lowest BCUT2D eigenvalue weighted by atomic mass is 10.1. The summed E-state index contributed by atoms with van der Waals surface area (Å²) < 4.78 is 0. The zero-order chi connectivity index (χ0) is 11.4. The zero-order valence-electron chi connectivity index (χ0n) is 10.1. The standard InChI is InChI=1S/C12H22N2OS/c1-16-8-2-3-12(15)14-10-4-5-11(14)9-13-7-6-10/h10-11,13H,2-9H2,1H3. The van der Waals surface area contributed by atoms with Gasteiger partial charge in [-0.3, -0.25) is 4.79 Å². The molecule has 2 aliphatic rings. The quantitative estimate of drug-likeness (QED) is 0.758. The third-order valence-electron chi connectivity index (χ3n) is 3.68. The first-order chi connectivity index (χ1) is 7.83. The molecule has 2 saturated heterocycles. The molecule has 1 N–H and O–H groups in total. The summed E-state index contributed by atoms with van der Waals surface area (Å²) in [6.07, 6.45) is 7.44. The van der Waals surface area contributed by atoms with Gasteiger partial charge in [0.1, 0.15) is 0 Å². The van der Waals surface area contributed by atoms with Crippen LogP contribution in [0.3, 0.4) is 0 Å². The second kappa shape index (κ2) is 5.92. The summed E-state index contributed by atoms with van der Waals surface area (Å²) in [6.45, 7) is 2.08. The van der Waals surface area contributed by atoms with Crippen LogP contribution in [0.1, 0.15) is 32.1 Å². The minimum Gasteiger partial charge on any atom is -0.335 e. The molecule has 0 aromatic carbocycles. The highest BCUT2D eigenvalue weighted by molar-refractivity contribution is 7.98. The van der Waals surface area contributed by atoms with Crippen LogP contribution in [0.25, 0.3) is 0 Å². The molecule has 2 aliphatic heterocycles. The van der Waals surface area contributed by atoms with Crippen molar-refractivity contribution in [1.82, 2.24) is 10.2 Å². The third kappa shape index (κ3) is 2.72. The molecular weight excluding hydrogens is 220 g/mol. The Bertz CT molecular complexity index is 233. The Kier molecular flexibility index (Phi) is 4.53. The van der Waals surface area contributed by atoms with Crippen LogP contribution >= 0.6 is 11.8 Å². The molecule has 2 fully saturated rings. The lowest BCUT2D eigenvalue weighted by Gasteiger charge is -2.28. The fraction of sp³-hybridized carbons (Fsp3) is 0.917. The fourth-order valence-corrected chi connectivity index (χ4v) is 3.32. The smallest absolute Gasteiger partial charge is 0.223 e. The van der Waals surface area contributed by atoms with Gasteiger partial charge in [0, 0.05) is 25.0 Å². The summed E-state index contributed by atoms with van der Waals surface area (Å²) >= 11 is 1.83. The van der Waals surface area contributed by atoms with E-state index in [0.29, 0.717) is 18.0 Å². The molecule has 3 nitrogen and oxygen atoms in total. The van der Waals surface area contributed by atoms with Crippen LogP contribution in [0.15, 0.2) is 0 Å². The van der Waals surface area contributed by atoms with Crippen molar-refractivity contribution in [1.29, 1.82) is 0 Å². The van der Waals surface area contributed by atoms with E-state index in [-0.39, 0.29) is 0 Å². The van der Waals surface area contributed by atoms with Gasteiger partial charge in [0.05, 0.1) is 0 Å². The normalized spacial score (nSPS) is 29.2. The molecule has 0 aliphatic carbocycles. The molecule has 0 saturated carbocycles. The molecule has 16 heavy (non-hydrogen) atoms. The van der Waals surface area contributed by atoms with E-state index in [2.05, 4.69) is 16.5 Å². The van der Waals surface area contributed by atoms with Gasteiger partial charge in [-0.15, -0.1) is 0 Å². The van der Waals surface area contributed by atoms with Crippen LogP contribution in [0.2, 0.25) is 0 Å². The van der Waals surface area contributed by atoms with Crippen molar-refractivity contribution in [3.05, 3.63) is 0 Å². The average Bonchev–Trinajstić information content (AvgIpc) is 2.52. The van der Waals surface area contributed by atoms with Crippen LogP contribution < -0.4 is 5.32 Å². The van der Waals surface area contributed by atoms with Gasteiger partial charge in [-0.1, -0.05) is 0 Å². The zero-order valence-corrected chi connectivity index (χ0v) is 10.9. The minimum absolute atomic E-state index is 0.394. The maximum absolute atomic E-state index is 12.2. The molecule has 0 aromatic rings. The van der Waals surface area contributed by atoms with Gasteiger partial charge < -0.3 is 10.2 Å². The molecule has 92 valence electrons. The molecule has 2 bridgehead atoms. The number of hydrogen-bond acceptors (Lipinski definition) is 3. The first-order valence-corrected chi connectivity index (χ1v) is 7.73. The van der Waals surface area contributed by atoms with E-state index in [1.807, 2.05) is 11.8 Å². The number of nitrogens with one attached hydrogen (secondary N) is 1. The van der Waals surface area contributed by atoms with Crippen molar-refractivity contribution in [2.45, 2.75) is 44.2 Å². The van der Waals surface area contributed by atoms with E-state index in [1.54, 1.807) is 0 Å². The van der Waals surface area contributed by atoms with Crippen molar-refractivity contribution >= 4 is 17.7 Å². The number of carbonyl (C=O) groups excluding carboxylic acids is 1. The Morgan fingerprint density at radius 2 is 2.19 bits per heavy atom. The number of thioether (sulfide) groups is 1. The number of carbonyl (C=O) groups is 1. The summed E-state index contributed by atoms with van der Waals surface area (Å²) in [6, 6.07) is 1.01. The minimum atomic E-state index is 0.394. The summed E-state index contributed by atoms with van der Waals surface area (Å²) in [7, 11) is 0. The lowest BCUT2D eigenvalue weighted by molar-refractivity contribution is -0.133. The van der Waals surface area contributed by atoms with Gasteiger partial charge >= 0.3 is 0 Å². The van der Waals surface area contributed by atoms with Crippen LogP contribution in [-0.2, 0) is 4.79 Å². The largest absolute Gasteiger partial charge is 0.335 e. The molecular formula is C12H22N2OS. The SMILES string of the molecule is CSCCCC(=O)N1C2CCNCC1CC2. The molecule has 2 atom stereocenters. The highest BCUT2D eigenvalue weighted by atomic mass is 32.2. The Labute approximate surface area is 102 Å². The summed E-state index contributed by atoms with van der Waals surface area (Å²) in [4.78, 5) is 14.4. The van der Waals surface area contributed by atoms with Crippen molar-refractivity contribution in [3.8, 4) is 0 Å². The highest BCUT2D eigenvalue weighted by Crippen LogP contribution is 2.28. The number of fused-ring (bicyclic) bond motifs is 2. The molecule has 0 radical (unpaired) electrons. The van der Waals surface area contributed by atoms with Crippen LogP contribution in [0.5, 0.6) is 0 Å². The molecule has 2 unspecified atom stereocenters. The maximum Gasteiger partial charge on any atom is 0.223 e. The second-order valence-corrected chi connectivity index (χ2v) is 5.76. The Morgan fingerprint density at radius 3 is 3.00 bits per heavy atom. The van der Waals surface area contributed by atoms with Crippen molar-refractivity contribution in [2.24, 2.45) is 0 Å². The molecule has 2 rings (SSSR count). The van der Waals surface area contributed by atoms with E-state index in [0.717, 1.165) is 38.1 Å². The molecule has 0 spiro atoms.